The first-order valence-electron chi connectivity index (χ1n) is 6.03. The summed E-state index contributed by atoms with van der Waals surface area (Å²) in [5.74, 6) is -0.382. The average molecular weight is 352 g/mol. The number of benzene rings is 1. The van der Waals surface area contributed by atoms with Gasteiger partial charge in [0.15, 0.2) is 0 Å². The van der Waals surface area contributed by atoms with E-state index in [1.807, 2.05) is 11.9 Å². The number of hydrogen-bond donors (Lipinski definition) is 1. The van der Waals surface area contributed by atoms with Crippen molar-refractivity contribution in [2.45, 2.75) is 18.9 Å². The highest BCUT2D eigenvalue weighted by atomic mass is 79.9. The number of likely N-dealkylation sites (N-methyl/N-ethyl adjacent to an activating group) is 1. The van der Waals surface area contributed by atoms with Crippen LogP contribution in [0.15, 0.2) is 22.7 Å². The summed E-state index contributed by atoms with van der Waals surface area (Å²) in [7, 11) is 1.91. The third-order valence-corrected chi connectivity index (χ3v) is 3.93. The number of rotatable bonds is 2. The van der Waals surface area contributed by atoms with Gasteiger partial charge in [-0.1, -0.05) is 0 Å². The standard InChI is InChI=1S/C13H16BrFN2O.ClH/c1-16-10-3-2-6-17(8-10)13(18)11-5-4-9(15)7-12(11)14;/h4-5,7,10,16H,2-3,6,8H2,1H3;1H. The predicted molar refractivity (Wildman–Crippen MR) is 79.3 cm³/mol. The summed E-state index contributed by atoms with van der Waals surface area (Å²) in [6, 6.07) is 4.52. The topological polar surface area (TPSA) is 32.3 Å². The van der Waals surface area contributed by atoms with Crippen LogP contribution in [0.25, 0.3) is 0 Å². The summed E-state index contributed by atoms with van der Waals surface area (Å²) in [5.41, 5.74) is 0.521. The number of likely N-dealkylation sites (tertiary alicyclic amines) is 1. The molecule has 3 nitrogen and oxygen atoms in total. The van der Waals surface area contributed by atoms with Crippen molar-refractivity contribution in [3.8, 4) is 0 Å². The molecule has 0 spiro atoms. The third kappa shape index (κ3) is 3.91. The number of amides is 1. The average Bonchev–Trinajstić information content (AvgIpc) is 2.38. The molecule has 0 aliphatic carbocycles. The molecule has 0 radical (unpaired) electrons. The maximum Gasteiger partial charge on any atom is 0.255 e. The van der Waals surface area contributed by atoms with Crippen LogP contribution in [0.5, 0.6) is 0 Å². The highest BCUT2D eigenvalue weighted by molar-refractivity contribution is 9.10. The van der Waals surface area contributed by atoms with Crippen LogP contribution in [0, 0.1) is 5.82 Å². The first kappa shape index (κ1) is 16.4. The van der Waals surface area contributed by atoms with Gasteiger partial charge in [-0.25, -0.2) is 4.39 Å². The quantitative estimate of drug-likeness (QED) is 0.888. The molecule has 1 aromatic carbocycles. The molecule has 0 aromatic heterocycles. The van der Waals surface area contributed by atoms with Gasteiger partial charge in [-0.05, 0) is 54.0 Å². The molecule has 1 N–H and O–H groups in total. The minimum atomic E-state index is -0.342. The third-order valence-electron chi connectivity index (χ3n) is 3.28. The number of halogens is 3. The number of nitrogens with one attached hydrogen (secondary N) is 1. The van der Waals surface area contributed by atoms with E-state index in [1.54, 1.807) is 0 Å². The van der Waals surface area contributed by atoms with Crippen LogP contribution in [0.3, 0.4) is 0 Å². The normalized spacial score (nSPS) is 18.9. The molecule has 1 saturated heterocycles. The van der Waals surface area contributed by atoms with Crippen LogP contribution < -0.4 is 5.32 Å². The molecule has 19 heavy (non-hydrogen) atoms. The Hall–Kier alpha value is -0.650. The maximum atomic E-state index is 13.0. The van der Waals surface area contributed by atoms with E-state index in [-0.39, 0.29) is 24.1 Å². The summed E-state index contributed by atoms with van der Waals surface area (Å²) in [4.78, 5) is 14.2. The summed E-state index contributed by atoms with van der Waals surface area (Å²) >= 11 is 3.24. The Kier molecular flexibility index (Phi) is 6.23. The lowest BCUT2D eigenvalue weighted by atomic mass is 10.0. The minimum Gasteiger partial charge on any atom is -0.337 e. The number of hydrogen-bond acceptors (Lipinski definition) is 2. The van der Waals surface area contributed by atoms with E-state index in [9.17, 15) is 9.18 Å². The Morgan fingerprint density at radius 2 is 2.26 bits per heavy atom. The summed E-state index contributed by atoms with van der Waals surface area (Å²) < 4.78 is 13.5. The smallest absolute Gasteiger partial charge is 0.255 e. The van der Waals surface area contributed by atoms with Crippen LogP contribution in [0.4, 0.5) is 4.39 Å². The summed E-state index contributed by atoms with van der Waals surface area (Å²) in [5, 5.41) is 3.20. The highest BCUT2D eigenvalue weighted by Gasteiger charge is 2.24. The molecule has 1 aromatic rings. The second-order valence-corrected chi connectivity index (χ2v) is 5.36. The van der Waals surface area contributed by atoms with Gasteiger partial charge >= 0.3 is 0 Å². The Balaban J connectivity index is 0.00000180. The van der Waals surface area contributed by atoms with Gasteiger partial charge in [0.2, 0.25) is 0 Å². The Morgan fingerprint density at radius 1 is 1.53 bits per heavy atom. The van der Waals surface area contributed by atoms with Gasteiger partial charge < -0.3 is 10.2 Å². The molecule has 1 heterocycles. The van der Waals surface area contributed by atoms with Crippen molar-refractivity contribution in [1.82, 2.24) is 10.2 Å². The van der Waals surface area contributed by atoms with E-state index in [4.69, 9.17) is 0 Å². The monoisotopic (exact) mass is 350 g/mol. The first-order valence-corrected chi connectivity index (χ1v) is 6.82. The van der Waals surface area contributed by atoms with Crippen molar-refractivity contribution in [3.05, 3.63) is 34.1 Å². The maximum absolute atomic E-state index is 13.0. The zero-order valence-electron chi connectivity index (χ0n) is 10.7. The van der Waals surface area contributed by atoms with Crippen LogP contribution in [0.1, 0.15) is 23.2 Å². The largest absolute Gasteiger partial charge is 0.337 e. The van der Waals surface area contributed by atoms with Gasteiger partial charge in [0.1, 0.15) is 5.82 Å². The van der Waals surface area contributed by atoms with Gasteiger partial charge in [0, 0.05) is 23.6 Å². The fourth-order valence-corrected chi connectivity index (χ4v) is 2.75. The van der Waals surface area contributed by atoms with Crippen molar-refractivity contribution in [1.29, 1.82) is 0 Å². The van der Waals surface area contributed by atoms with Gasteiger partial charge in [0.05, 0.1) is 5.56 Å². The van der Waals surface area contributed by atoms with E-state index in [0.29, 0.717) is 22.6 Å². The number of carbonyl (C=O) groups excluding carboxylic acids is 1. The van der Waals surface area contributed by atoms with Crippen molar-refractivity contribution in [2.24, 2.45) is 0 Å². The second-order valence-electron chi connectivity index (χ2n) is 4.50. The lowest BCUT2D eigenvalue weighted by Crippen LogP contribution is -2.47. The fourth-order valence-electron chi connectivity index (χ4n) is 2.23. The van der Waals surface area contributed by atoms with Gasteiger partial charge in [-0.15, -0.1) is 12.4 Å². The molecule has 2 rings (SSSR count). The molecule has 1 atom stereocenters. The zero-order valence-corrected chi connectivity index (χ0v) is 13.1. The second kappa shape index (κ2) is 7.22. The number of piperidine rings is 1. The molecule has 0 bridgehead atoms. The number of nitrogens with zero attached hydrogens (tertiary/aromatic N) is 1. The number of carbonyl (C=O) groups is 1. The van der Waals surface area contributed by atoms with Crippen molar-refractivity contribution >= 4 is 34.2 Å². The van der Waals surface area contributed by atoms with Crippen molar-refractivity contribution < 1.29 is 9.18 Å². The van der Waals surface area contributed by atoms with Gasteiger partial charge in [0.25, 0.3) is 5.91 Å². The molecular weight excluding hydrogens is 335 g/mol. The SMILES string of the molecule is CNC1CCCN(C(=O)c2ccc(F)cc2Br)C1.Cl. The van der Waals surface area contributed by atoms with E-state index in [2.05, 4.69) is 21.2 Å². The van der Waals surface area contributed by atoms with Gasteiger partial charge in [-0.3, -0.25) is 4.79 Å². The van der Waals surface area contributed by atoms with Crippen LogP contribution in [-0.4, -0.2) is 37.0 Å². The molecule has 0 saturated carbocycles. The molecule has 1 fully saturated rings. The molecule has 6 heteroatoms. The van der Waals surface area contributed by atoms with Crippen LogP contribution >= 0.6 is 28.3 Å². The molecular formula is C13H17BrClFN2O. The summed E-state index contributed by atoms with van der Waals surface area (Å²) in [6.07, 6.45) is 2.08. The molecule has 1 aliphatic rings. The van der Waals surface area contributed by atoms with E-state index >= 15 is 0 Å². The Labute approximate surface area is 127 Å². The minimum absolute atomic E-state index is 0. The van der Waals surface area contributed by atoms with Crippen molar-refractivity contribution in [2.75, 3.05) is 20.1 Å². The lowest BCUT2D eigenvalue weighted by molar-refractivity contribution is 0.0697. The van der Waals surface area contributed by atoms with Gasteiger partial charge in [-0.2, -0.15) is 0 Å². The van der Waals surface area contributed by atoms with Crippen LogP contribution in [0.2, 0.25) is 0 Å². The zero-order chi connectivity index (χ0) is 13.1. The highest BCUT2D eigenvalue weighted by Crippen LogP contribution is 2.21. The van der Waals surface area contributed by atoms with E-state index in [1.165, 1.54) is 18.2 Å². The van der Waals surface area contributed by atoms with E-state index in [0.717, 1.165) is 19.4 Å². The lowest BCUT2D eigenvalue weighted by Gasteiger charge is -2.32. The predicted octanol–water partition coefficient (Wildman–Crippen LogP) is 2.83. The fraction of sp³-hybridized carbons (Fsp3) is 0.462. The van der Waals surface area contributed by atoms with E-state index < -0.39 is 0 Å². The molecule has 1 unspecified atom stereocenters. The first-order chi connectivity index (χ1) is 8.61. The van der Waals surface area contributed by atoms with Crippen LogP contribution in [-0.2, 0) is 0 Å². The van der Waals surface area contributed by atoms with Crippen molar-refractivity contribution in [3.63, 3.8) is 0 Å². The summed E-state index contributed by atoms with van der Waals surface area (Å²) in [6.45, 7) is 1.47. The Morgan fingerprint density at radius 3 is 2.89 bits per heavy atom. The molecule has 1 aliphatic heterocycles. The molecule has 1 amide bonds. The molecule has 106 valence electrons. The Bertz CT molecular complexity index is 458.